The Labute approximate surface area is 182 Å². The smallest absolute Gasteiger partial charge is 0.230 e. The van der Waals surface area contributed by atoms with Crippen molar-refractivity contribution in [2.24, 2.45) is 10.4 Å². The molecule has 2 N–H and O–H groups in total. The van der Waals surface area contributed by atoms with Gasteiger partial charge in [-0.15, -0.1) is 24.0 Å². The molecule has 7 heteroatoms. The summed E-state index contributed by atoms with van der Waals surface area (Å²) in [6, 6.07) is 0.585. The van der Waals surface area contributed by atoms with Gasteiger partial charge in [0.15, 0.2) is 5.96 Å². The van der Waals surface area contributed by atoms with E-state index in [0.29, 0.717) is 12.6 Å². The SMILES string of the molecule is CCNC(=NCC1(C(=O)N(C)C)CCCC1)NCC1CCCCN1CC.I. The highest BCUT2D eigenvalue weighted by Crippen LogP contribution is 2.39. The number of halogens is 1. The lowest BCUT2D eigenvalue weighted by Gasteiger charge is -2.35. The fraction of sp³-hybridized carbons (Fsp3) is 0.900. The highest BCUT2D eigenvalue weighted by Gasteiger charge is 2.42. The molecular weight excluding hydrogens is 453 g/mol. The molecule has 0 spiro atoms. The number of likely N-dealkylation sites (tertiary alicyclic amines) is 1. The normalized spacial score (nSPS) is 22.8. The molecule has 1 amide bonds. The van der Waals surface area contributed by atoms with Crippen LogP contribution in [0.5, 0.6) is 0 Å². The fourth-order valence-electron chi connectivity index (χ4n) is 4.46. The molecule has 27 heavy (non-hydrogen) atoms. The first-order chi connectivity index (χ1) is 12.5. The van der Waals surface area contributed by atoms with Crippen LogP contribution in [0.2, 0.25) is 0 Å². The highest BCUT2D eigenvalue weighted by atomic mass is 127. The van der Waals surface area contributed by atoms with Gasteiger partial charge >= 0.3 is 0 Å². The van der Waals surface area contributed by atoms with E-state index in [1.54, 1.807) is 4.90 Å². The zero-order valence-corrected chi connectivity index (χ0v) is 20.1. The van der Waals surface area contributed by atoms with Crippen molar-refractivity contribution < 1.29 is 4.79 Å². The number of likely N-dealkylation sites (N-methyl/N-ethyl adjacent to an activating group) is 1. The van der Waals surface area contributed by atoms with Gasteiger partial charge < -0.3 is 15.5 Å². The van der Waals surface area contributed by atoms with Crippen LogP contribution in [0.3, 0.4) is 0 Å². The summed E-state index contributed by atoms with van der Waals surface area (Å²) in [6.45, 7) is 9.00. The van der Waals surface area contributed by atoms with Crippen LogP contribution in [-0.4, -0.2) is 74.5 Å². The van der Waals surface area contributed by atoms with Gasteiger partial charge in [0, 0.05) is 33.2 Å². The second-order valence-corrected chi connectivity index (χ2v) is 8.04. The summed E-state index contributed by atoms with van der Waals surface area (Å²) in [5, 5.41) is 6.90. The minimum atomic E-state index is -0.299. The molecule has 0 aromatic heterocycles. The van der Waals surface area contributed by atoms with Crippen molar-refractivity contribution in [1.29, 1.82) is 0 Å². The van der Waals surface area contributed by atoms with Crippen molar-refractivity contribution in [3.05, 3.63) is 0 Å². The molecule has 1 aliphatic heterocycles. The van der Waals surface area contributed by atoms with Crippen LogP contribution in [0.25, 0.3) is 0 Å². The van der Waals surface area contributed by atoms with E-state index in [9.17, 15) is 4.79 Å². The summed E-state index contributed by atoms with van der Waals surface area (Å²) >= 11 is 0. The van der Waals surface area contributed by atoms with Gasteiger partial charge in [-0.1, -0.05) is 26.2 Å². The molecular formula is C20H40IN5O. The molecule has 0 bridgehead atoms. The third-order valence-corrected chi connectivity index (χ3v) is 5.96. The maximum absolute atomic E-state index is 12.7. The lowest BCUT2D eigenvalue weighted by Crippen LogP contribution is -2.49. The minimum Gasteiger partial charge on any atom is -0.357 e. The van der Waals surface area contributed by atoms with E-state index in [4.69, 9.17) is 4.99 Å². The molecule has 1 atom stereocenters. The predicted octanol–water partition coefficient (Wildman–Crippen LogP) is 2.68. The second kappa shape index (κ2) is 12.1. The molecule has 2 fully saturated rings. The molecule has 0 aromatic rings. The van der Waals surface area contributed by atoms with E-state index < -0.39 is 0 Å². The molecule has 1 saturated carbocycles. The van der Waals surface area contributed by atoms with Crippen LogP contribution in [0.4, 0.5) is 0 Å². The number of hydrogen-bond donors (Lipinski definition) is 2. The summed E-state index contributed by atoms with van der Waals surface area (Å²) in [5.41, 5.74) is -0.299. The highest BCUT2D eigenvalue weighted by molar-refractivity contribution is 14.0. The lowest BCUT2D eigenvalue weighted by molar-refractivity contribution is -0.138. The lowest BCUT2D eigenvalue weighted by atomic mass is 9.85. The average Bonchev–Trinajstić information content (AvgIpc) is 3.13. The Bertz CT molecular complexity index is 477. The standard InChI is InChI=1S/C20H39N5O.HI/c1-5-21-19(22-15-17-11-7-10-14-25(17)6-2)23-16-20(12-8-9-13-20)18(26)24(3)4;/h17H,5-16H2,1-4H3,(H2,21,22,23);1H. The first-order valence-corrected chi connectivity index (χ1v) is 10.5. The largest absolute Gasteiger partial charge is 0.357 e. The van der Waals surface area contributed by atoms with Crippen molar-refractivity contribution in [3.8, 4) is 0 Å². The number of rotatable bonds is 7. The summed E-state index contributed by atoms with van der Waals surface area (Å²) in [6.07, 6.45) is 8.06. The molecule has 158 valence electrons. The van der Waals surface area contributed by atoms with Crippen LogP contribution in [-0.2, 0) is 4.79 Å². The monoisotopic (exact) mass is 493 g/mol. The minimum absolute atomic E-state index is 0. The van der Waals surface area contributed by atoms with E-state index in [2.05, 4.69) is 29.4 Å². The average molecular weight is 493 g/mol. The maximum Gasteiger partial charge on any atom is 0.230 e. The van der Waals surface area contributed by atoms with E-state index in [0.717, 1.165) is 51.3 Å². The Morgan fingerprint density at radius 1 is 1.15 bits per heavy atom. The van der Waals surface area contributed by atoms with Crippen LogP contribution in [0, 0.1) is 5.41 Å². The Kier molecular flexibility index (Phi) is 11.0. The maximum atomic E-state index is 12.7. The predicted molar refractivity (Wildman–Crippen MR) is 124 cm³/mol. The van der Waals surface area contributed by atoms with Crippen LogP contribution >= 0.6 is 24.0 Å². The van der Waals surface area contributed by atoms with Gasteiger partial charge in [0.25, 0.3) is 0 Å². The fourth-order valence-corrected chi connectivity index (χ4v) is 4.46. The summed E-state index contributed by atoms with van der Waals surface area (Å²) < 4.78 is 0. The van der Waals surface area contributed by atoms with Gasteiger partial charge in [0.05, 0.1) is 12.0 Å². The number of piperidine rings is 1. The first-order valence-electron chi connectivity index (χ1n) is 10.5. The summed E-state index contributed by atoms with van der Waals surface area (Å²) in [7, 11) is 3.72. The Morgan fingerprint density at radius 3 is 2.44 bits per heavy atom. The van der Waals surface area contributed by atoms with E-state index >= 15 is 0 Å². The van der Waals surface area contributed by atoms with Crippen LogP contribution in [0.15, 0.2) is 4.99 Å². The van der Waals surface area contributed by atoms with Crippen molar-refractivity contribution >= 4 is 35.8 Å². The number of carbonyl (C=O) groups is 1. The van der Waals surface area contributed by atoms with Crippen LogP contribution in [0.1, 0.15) is 58.8 Å². The number of aliphatic imine (C=N–C) groups is 1. The summed E-state index contributed by atoms with van der Waals surface area (Å²) in [5.74, 6) is 1.09. The first kappa shape index (κ1) is 24.5. The van der Waals surface area contributed by atoms with Gasteiger partial charge in [-0.25, -0.2) is 0 Å². The van der Waals surface area contributed by atoms with Gasteiger partial charge in [0.2, 0.25) is 5.91 Å². The van der Waals surface area contributed by atoms with Crippen LogP contribution < -0.4 is 10.6 Å². The number of hydrogen-bond acceptors (Lipinski definition) is 3. The van der Waals surface area contributed by atoms with E-state index in [1.807, 2.05) is 14.1 Å². The zero-order chi connectivity index (χ0) is 19.0. The van der Waals surface area contributed by atoms with Gasteiger partial charge in [-0.3, -0.25) is 14.7 Å². The van der Waals surface area contributed by atoms with Gasteiger partial charge in [0.1, 0.15) is 0 Å². The topological polar surface area (TPSA) is 60.0 Å². The number of carbonyl (C=O) groups excluding carboxylic acids is 1. The molecule has 1 saturated heterocycles. The van der Waals surface area contributed by atoms with Crippen molar-refractivity contribution in [1.82, 2.24) is 20.4 Å². The number of nitrogens with zero attached hydrogens (tertiary/aromatic N) is 3. The second-order valence-electron chi connectivity index (χ2n) is 8.04. The van der Waals surface area contributed by atoms with E-state index in [-0.39, 0.29) is 35.3 Å². The molecule has 1 aliphatic carbocycles. The number of nitrogens with one attached hydrogen (secondary N) is 2. The summed E-state index contributed by atoms with van der Waals surface area (Å²) in [4.78, 5) is 21.9. The molecule has 1 heterocycles. The third kappa shape index (κ3) is 6.76. The van der Waals surface area contributed by atoms with Gasteiger partial charge in [-0.2, -0.15) is 0 Å². The van der Waals surface area contributed by atoms with Crippen molar-refractivity contribution in [2.75, 3.05) is 46.8 Å². The Hall–Kier alpha value is -0.570. The number of amides is 1. The quantitative estimate of drug-likeness (QED) is 0.325. The molecule has 1 unspecified atom stereocenters. The van der Waals surface area contributed by atoms with E-state index in [1.165, 1.54) is 25.8 Å². The number of guanidine groups is 1. The third-order valence-electron chi connectivity index (χ3n) is 5.96. The van der Waals surface area contributed by atoms with Gasteiger partial charge in [-0.05, 0) is 45.7 Å². The molecule has 6 nitrogen and oxygen atoms in total. The molecule has 2 rings (SSSR count). The molecule has 2 aliphatic rings. The zero-order valence-electron chi connectivity index (χ0n) is 17.7. The van der Waals surface area contributed by atoms with Crippen molar-refractivity contribution in [2.45, 2.75) is 64.8 Å². The van der Waals surface area contributed by atoms with Crippen molar-refractivity contribution in [3.63, 3.8) is 0 Å². The Morgan fingerprint density at radius 2 is 1.85 bits per heavy atom. The molecule has 0 aromatic carbocycles. The Balaban J connectivity index is 0.00000364. The molecule has 0 radical (unpaired) electrons.